The third-order valence-electron chi connectivity index (χ3n) is 3.20. The van der Waals surface area contributed by atoms with Crippen LogP contribution in [-0.4, -0.2) is 19.3 Å². The van der Waals surface area contributed by atoms with Crippen LogP contribution in [0, 0.1) is 6.92 Å². The molecule has 3 nitrogen and oxygen atoms in total. The van der Waals surface area contributed by atoms with Gasteiger partial charge in [-0.1, -0.05) is 18.2 Å². The summed E-state index contributed by atoms with van der Waals surface area (Å²) >= 11 is 0. The lowest BCUT2D eigenvalue weighted by atomic mass is 9.97. The van der Waals surface area contributed by atoms with Gasteiger partial charge in [-0.3, -0.25) is 0 Å². The van der Waals surface area contributed by atoms with Gasteiger partial charge in [0, 0.05) is 0 Å². The molecule has 19 heavy (non-hydrogen) atoms. The quantitative estimate of drug-likeness (QED) is 0.915. The Morgan fingerprint density at radius 1 is 0.895 bits per heavy atom. The van der Waals surface area contributed by atoms with Crippen LogP contribution in [0.4, 0.5) is 0 Å². The molecule has 0 aliphatic carbocycles. The van der Waals surface area contributed by atoms with Crippen molar-refractivity contribution in [3.63, 3.8) is 0 Å². The molecule has 0 unspecified atom stereocenters. The van der Waals surface area contributed by atoms with Crippen molar-refractivity contribution in [3.8, 4) is 11.5 Å². The van der Waals surface area contributed by atoms with Gasteiger partial charge in [0.2, 0.25) is 0 Å². The second-order valence-corrected chi connectivity index (χ2v) is 4.40. The van der Waals surface area contributed by atoms with E-state index in [2.05, 4.69) is 0 Å². The smallest absolute Gasteiger partial charge is 0.119 e. The number of hydrogen-bond acceptors (Lipinski definition) is 3. The topological polar surface area (TPSA) is 38.7 Å². The highest BCUT2D eigenvalue weighted by Crippen LogP contribution is 2.28. The van der Waals surface area contributed by atoms with Crippen molar-refractivity contribution >= 4 is 0 Å². The molecule has 2 aromatic rings. The third-order valence-corrected chi connectivity index (χ3v) is 3.20. The second-order valence-electron chi connectivity index (χ2n) is 4.40. The first kappa shape index (κ1) is 13.4. The molecule has 0 aliphatic heterocycles. The Kier molecular flexibility index (Phi) is 4.07. The Morgan fingerprint density at radius 2 is 1.47 bits per heavy atom. The van der Waals surface area contributed by atoms with Gasteiger partial charge in [0.1, 0.15) is 17.6 Å². The Balaban J connectivity index is 2.29. The summed E-state index contributed by atoms with van der Waals surface area (Å²) in [5.41, 5.74) is 2.72. The van der Waals surface area contributed by atoms with Gasteiger partial charge in [-0.05, 0) is 47.9 Å². The first-order chi connectivity index (χ1) is 9.15. The zero-order valence-corrected chi connectivity index (χ0v) is 11.4. The van der Waals surface area contributed by atoms with Crippen molar-refractivity contribution in [2.45, 2.75) is 13.0 Å². The van der Waals surface area contributed by atoms with Crippen molar-refractivity contribution < 1.29 is 14.6 Å². The molecule has 0 saturated heterocycles. The largest absolute Gasteiger partial charge is 0.497 e. The van der Waals surface area contributed by atoms with Crippen LogP contribution in [0.1, 0.15) is 22.8 Å². The fourth-order valence-corrected chi connectivity index (χ4v) is 2.05. The number of ether oxygens (including phenoxy) is 2. The van der Waals surface area contributed by atoms with Gasteiger partial charge in [0.15, 0.2) is 0 Å². The lowest BCUT2D eigenvalue weighted by molar-refractivity contribution is 0.219. The monoisotopic (exact) mass is 258 g/mol. The third kappa shape index (κ3) is 2.88. The van der Waals surface area contributed by atoms with Crippen molar-refractivity contribution in [2.24, 2.45) is 0 Å². The van der Waals surface area contributed by atoms with Gasteiger partial charge >= 0.3 is 0 Å². The van der Waals surface area contributed by atoms with Crippen LogP contribution in [0.25, 0.3) is 0 Å². The van der Waals surface area contributed by atoms with E-state index >= 15 is 0 Å². The summed E-state index contributed by atoms with van der Waals surface area (Å²) < 4.78 is 10.3. The molecular formula is C16H18O3. The minimum Gasteiger partial charge on any atom is -0.497 e. The van der Waals surface area contributed by atoms with Gasteiger partial charge in [0.25, 0.3) is 0 Å². The van der Waals surface area contributed by atoms with Gasteiger partial charge in [0.05, 0.1) is 14.2 Å². The highest BCUT2D eigenvalue weighted by molar-refractivity contribution is 5.41. The van der Waals surface area contributed by atoms with Crippen LogP contribution in [0.15, 0.2) is 42.5 Å². The summed E-state index contributed by atoms with van der Waals surface area (Å²) in [7, 11) is 3.26. The summed E-state index contributed by atoms with van der Waals surface area (Å²) in [5.74, 6) is 1.57. The predicted octanol–water partition coefficient (Wildman–Crippen LogP) is 3.09. The van der Waals surface area contributed by atoms with Crippen LogP contribution >= 0.6 is 0 Å². The van der Waals surface area contributed by atoms with Crippen molar-refractivity contribution in [2.75, 3.05) is 14.2 Å². The molecule has 0 spiro atoms. The van der Waals surface area contributed by atoms with E-state index in [1.54, 1.807) is 14.2 Å². The van der Waals surface area contributed by atoms with E-state index in [1.807, 2.05) is 49.4 Å². The minimum absolute atomic E-state index is 0.642. The second kappa shape index (κ2) is 5.76. The van der Waals surface area contributed by atoms with Crippen LogP contribution in [0.5, 0.6) is 11.5 Å². The first-order valence-electron chi connectivity index (χ1n) is 6.12. The standard InChI is InChI=1S/C16H18O3/c1-11-10-14(19-3)8-9-15(11)16(17)12-4-6-13(18-2)7-5-12/h4-10,16-17H,1-3H3/t16-/m1/s1. The highest BCUT2D eigenvalue weighted by atomic mass is 16.5. The average molecular weight is 258 g/mol. The first-order valence-corrected chi connectivity index (χ1v) is 6.12. The van der Waals surface area contributed by atoms with E-state index in [0.717, 1.165) is 28.2 Å². The number of rotatable bonds is 4. The van der Waals surface area contributed by atoms with E-state index < -0.39 is 6.10 Å². The maximum absolute atomic E-state index is 10.4. The number of hydrogen-bond donors (Lipinski definition) is 1. The number of aryl methyl sites for hydroxylation is 1. The minimum atomic E-state index is -0.642. The normalized spacial score (nSPS) is 12.0. The molecule has 0 fully saturated rings. The van der Waals surface area contributed by atoms with Crippen molar-refractivity contribution in [1.82, 2.24) is 0 Å². The molecule has 0 aliphatic rings. The number of benzene rings is 2. The van der Waals surface area contributed by atoms with E-state index in [9.17, 15) is 5.11 Å². The molecule has 100 valence electrons. The zero-order valence-electron chi connectivity index (χ0n) is 11.4. The van der Waals surface area contributed by atoms with Crippen molar-refractivity contribution in [1.29, 1.82) is 0 Å². The lowest BCUT2D eigenvalue weighted by Crippen LogP contribution is -2.02. The lowest BCUT2D eigenvalue weighted by Gasteiger charge is -2.15. The van der Waals surface area contributed by atoms with Crippen LogP contribution < -0.4 is 9.47 Å². The molecule has 0 bridgehead atoms. The van der Waals surface area contributed by atoms with E-state index in [4.69, 9.17) is 9.47 Å². The molecule has 0 radical (unpaired) electrons. The van der Waals surface area contributed by atoms with Gasteiger partial charge in [-0.25, -0.2) is 0 Å². The maximum Gasteiger partial charge on any atom is 0.119 e. The molecule has 2 rings (SSSR count). The summed E-state index contributed by atoms with van der Waals surface area (Å²) in [6.07, 6.45) is -0.642. The molecule has 1 N–H and O–H groups in total. The summed E-state index contributed by atoms with van der Waals surface area (Å²) in [4.78, 5) is 0. The number of aliphatic hydroxyl groups excluding tert-OH is 1. The molecule has 0 aromatic heterocycles. The molecule has 0 heterocycles. The van der Waals surface area contributed by atoms with E-state index in [0.29, 0.717) is 0 Å². The predicted molar refractivity (Wildman–Crippen MR) is 74.8 cm³/mol. The Hall–Kier alpha value is -2.00. The molecule has 0 saturated carbocycles. The fraction of sp³-hybridized carbons (Fsp3) is 0.250. The van der Waals surface area contributed by atoms with Crippen LogP contribution in [0.2, 0.25) is 0 Å². The maximum atomic E-state index is 10.4. The molecular weight excluding hydrogens is 240 g/mol. The number of methoxy groups -OCH3 is 2. The van der Waals surface area contributed by atoms with E-state index in [1.165, 1.54) is 0 Å². The molecule has 0 amide bonds. The molecule has 2 aromatic carbocycles. The summed E-state index contributed by atoms with van der Waals surface area (Å²) in [6.45, 7) is 1.96. The van der Waals surface area contributed by atoms with Gasteiger partial charge in [-0.15, -0.1) is 0 Å². The fourth-order valence-electron chi connectivity index (χ4n) is 2.05. The summed E-state index contributed by atoms with van der Waals surface area (Å²) in [6, 6.07) is 13.1. The van der Waals surface area contributed by atoms with Crippen LogP contribution in [-0.2, 0) is 0 Å². The van der Waals surface area contributed by atoms with Crippen LogP contribution in [0.3, 0.4) is 0 Å². The van der Waals surface area contributed by atoms with Gasteiger partial charge in [-0.2, -0.15) is 0 Å². The highest BCUT2D eigenvalue weighted by Gasteiger charge is 2.13. The Bertz CT molecular complexity index is 546. The van der Waals surface area contributed by atoms with Crippen molar-refractivity contribution in [3.05, 3.63) is 59.2 Å². The average Bonchev–Trinajstić information content (AvgIpc) is 2.46. The molecule has 3 heteroatoms. The SMILES string of the molecule is COc1ccc([C@@H](O)c2ccc(OC)cc2C)cc1. The number of aliphatic hydroxyl groups is 1. The summed E-state index contributed by atoms with van der Waals surface area (Å²) in [5, 5.41) is 10.4. The van der Waals surface area contributed by atoms with E-state index in [-0.39, 0.29) is 0 Å². The zero-order chi connectivity index (χ0) is 13.8. The Labute approximate surface area is 113 Å². The Morgan fingerprint density at radius 3 is 2.00 bits per heavy atom. The molecule has 1 atom stereocenters. The van der Waals surface area contributed by atoms with Gasteiger partial charge < -0.3 is 14.6 Å².